The summed E-state index contributed by atoms with van der Waals surface area (Å²) >= 11 is 6.01. The molecule has 0 bridgehead atoms. The molecule has 2 amide bonds. The molecule has 1 aliphatic rings. The summed E-state index contributed by atoms with van der Waals surface area (Å²) in [6.07, 6.45) is 0.997. The molecular weight excluding hydrogens is 490 g/mol. The van der Waals surface area contributed by atoms with Gasteiger partial charge in [0.1, 0.15) is 6.04 Å². The molecule has 0 spiro atoms. The minimum atomic E-state index is -3.92. The fraction of sp³-hybridized carbons (Fsp3) is 0.500. The van der Waals surface area contributed by atoms with Gasteiger partial charge in [0.15, 0.2) is 0 Å². The van der Waals surface area contributed by atoms with Crippen molar-refractivity contribution < 1.29 is 18.0 Å². The number of sulfonamides is 1. The van der Waals surface area contributed by atoms with Gasteiger partial charge in [0.05, 0.1) is 11.4 Å². The number of hydrogen-bond acceptors (Lipinski definition) is 6. The standard InChI is InChI=1S/C24H34ClN5O4S/c1-26-10-12-28(2)13-14-29(3)23(31)17-30-11-4-5-22(24(30)32)27-35(33,34)21-9-7-18-15-20(25)8-6-19(18)16-21/h6-9,15-16,22,26-27H,4-5,10-14,17H2,1-3H3. The van der Waals surface area contributed by atoms with Gasteiger partial charge in [0.2, 0.25) is 21.8 Å². The summed E-state index contributed by atoms with van der Waals surface area (Å²) < 4.78 is 28.6. The summed E-state index contributed by atoms with van der Waals surface area (Å²) in [5, 5.41) is 5.22. The first kappa shape index (κ1) is 27.3. The summed E-state index contributed by atoms with van der Waals surface area (Å²) in [6.45, 7) is 3.36. The van der Waals surface area contributed by atoms with E-state index < -0.39 is 16.1 Å². The lowest BCUT2D eigenvalue weighted by Crippen LogP contribution is -2.54. The molecule has 0 aromatic heterocycles. The van der Waals surface area contributed by atoms with E-state index in [-0.39, 0.29) is 23.3 Å². The van der Waals surface area contributed by atoms with Crippen LogP contribution in [0.15, 0.2) is 41.3 Å². The van der Waals surface area contributed by atoms with Crippen LogP contribution in [0.2, 0.25) is 5.02 Å². The van der Waals surface area contributed by atoms with Gasteiger partial charge in [-0.2, -0.15) is 4.72 Å². The van der Waals surface area contributed by atoms with Crippen LogP contribution in [0.25, 0.3) is 10.8 Å². The molecule has 35 heavy (non-hydrogen) atoms. The zero-order valence-electron chi connectivity index (χ0n) is 20.5. The number of piperidine rings is 1. The van der Waals surface area contributed by atoms with Crippen molar-refractivity contribution >= 4 is 44.2 Å². The van der Waals surface area contributed by atoms with Crippen molar-refractivity contribution in [3.8, 4) is 0 Å². The number of benzene rings is 2. The first-order valence-corrected chi connectivity index (χ1v) is 13.5. The molecule has 3 rings (SSSR count). The van der Waals surface area contributed by atoms with Crippen molar-refractivity contribution in [3.05, 3.63) is 41.4 Å². The summed E-state index contributed by atoms with van der Waals surface area (Å²) in [4.78, 5) is 31.0. The third kappa shape index (κ3) is 7.37. The highest BCUT2D eigenvalue weighted by Gasteiger charge is 2.33. The first-order valence-electron chi connectivity index (χ1n) is 11.7. The van der Waals surface area contributed by atoms with E-state index in [1.165, 1.54) is 11.0 Å². The highest BCUT2D eigenvalue weighted by atomic mass is 35.5. The number of rotatable bonds is 11. The van der Waals surface area contributed by atoms with Crippen LogP contribution in [0.1, 0.15) is 12.8 Å². The van der Waals surface area contributed by atoms with Gasteiger partial charge >= 0.3 is 0 Å². The molecule has 1 unspecified atom stereocenters. The Labute approximate surface area is 212 Å². The number of hydrogen-bond donors (Lipinski definition) is 2. The fourth-order valence-electron chi connectivity index (χ4n) is 3.97. The van der Waals surface area contributed by atoms with Crippen molar-refractivity contribution in [2.75, 3.05) is 60.4 Å². The van der Waals surface area contributed by atoms with Crippen molar-refractivity contribution in [1.82, 2.24) is 24.7 Å². The highest BCUT2D eigenvalue weighted by molar-refractivity contribution is 7.89. The Kier molecular flexibility index (Phi) is 9.48. The summed E-state index contributed by atoms with van der Waals surface area (Å²) in [5.41, 5.74) is 0. The van der Waals surface area contributed by atoms with Crippen LogP contribution >= 0.6 is 11.6 Å². The molecule has 1 saturated heterocycles. The molecule has 1 aliphatic heterocycles. The van der Waals surface area contributed by atoms with E-state index in [0.717, 1.165) is 30.4 Å². The van der Waals surface area contributed by atoms with Crippen LogP contribution in [0.3, 0.4) is 0 Å². The van der Waals surface area contributed by atoms with Gasteiger partial charge in [0, 0.05) is 44.8 Å². The molecule has 2 aromatic rings. The normalized spacial score (nSPS) is 16.8. The van der Waals surface area contributed by atoms with Crippen LogP contribution in [0.4, 0.5) is 0 Å². The van der Waals surface area contributed by atoms with E-state index in [4.69, 9.17) is 11.6 Å². The Morgan fingerprint density at radius 3 is 2.57 bits per heavy atom. The maximum Gasteiger partial charge on any atom is 0.241 e. The number of fused-ring (bicyclic) bond motifs is 1. The average Bonchev–Trinajstić information content (AvgIpc) is 2.83. The minimum absolute atomic E-state index is 0.0650. The topological polar surface area (TPSA) is 102 Å². The monoisotopic (exact) mass is 523 g/mol. The van der Waals surface area contributed by atoms with Gasteiger partial charge in [0.25, 0.3) is 0 Å². The largest absolute Gasteiger partial charge is 0.343 e. The second-order valence-electron chi connectivity index (χ2n) is 8.95. The molecule has 0 saturated carbocycles. The van der Waals surface area contributed by atoms with Crippen LogP contribution in [0, 0.1) is 0 Å². The molecule has 1 fully saturated rings. The lowest BCUT2D eigenvalue weighted by atomic mass is 10.1. The number of likely N-dealkylation sites (tertiary alicyclic amines) is 1. The molecule has 9 nitrogen and oxygen atoms in total. The Hall–Kier alpha value is -2.24. The Balaban J connectivity index is 1.60. The van der Waals surface area contributed by atoms with Gasteiger partial charge < -0.3 is 20.0 Å². The minimum Gasteiger partial charge on any atom is -0.343 e. The molecule has 1 atom stereocenters. The van der Waals surface area contributed by atoms with Crippen molar-refractivity contribution in [2.45, 2.75) is 23.8 Å². The third-order valence-corrected chi connectivity index (χ3v) is 7.93. The molecule has 0 aliphatic carbocycles. The quantitative estimate of drug-likeness (QED) is 0.461. The predicted molar refractivity (Wildman–Crippen MR) is 138 cm³/mol. The zero-order valence-corrected chi connectivity index (χ0v) is 22.0. The number of amides is 2. The maximum absolute atomic E-state index is 13.0. The molecule has 2 aromatic carbocycles. The average molecular weight is 524 g/mol. The lowest BCUT2D eigenvalue weighted by Gasteiger charge is -2.33. The molecule has 1 heterocycles. The Morgan fingerprint density at radius 2 is 1.83 bits per heavy atom. The SMILES string of the molecule is CNCCN(C)CCN(C)C(=O)CN1CCCC(NS(=O)(=O)c2ccc3cc(Cl)ccc3c2)C1=O. The van der Waals surface area contributed by atoms with Crippen molar-refractivity contribution in [3.63, 3.8) is 0 Å². The van der Waals surface area contributed by atoms with Crippen molar-refractivity contribution in [2.24, 2.45) is 0 Å². The van der Waals surface area contributed by atoms with E-state index in [0.29, 0.717) is 31.0 Å². The van der Waals surface area contributed by atoms with Gasteiger partial charge in [-0.3, -0.25) is 9.59 Å². The molecule has 192 valence electrons. The van der Waals surface area contributed by atoms with Crippen molar-refractivity contribution in [1.29, 1.82) is 0 Å². The fourth-order valence-corrected chi connectivity index (χ4v) is 5.41. The molecule has 2 N–H and O–H groups in total. The predicted octanol–water partition coefficient (Wildman–Crippen LogP) is 1.37. The number of carbonyl (C=O) groups is 2. The molecule has 0 radical (unpaired) electrons. The summed E-state index contributed by atoms with van der Waals surface area (Å²) in [7, 11) is 1.68. The van der Waals surface area contributed by atoms with Crippen LogP contribution in [-0.4, -0.2) is 101 Å². The van der Waals surface area contributed by atoms with Gasteiger partial charge in [-0.25, -0.2) is 8.42 Å². The molecule has 11 heteroatoms. The molecular formula is C24H34ClN5O4S. The maximum atomic E-state index is 13.0. The van der Waals surface area contributed by atoms with E-state index in [1.54, 1.807) is 42.3 Å². The number of carbonyl (C=O) groups excluding carboxylic acids is 2. The Morgan fingerprint density at radius 1 is 1.11 bits per heavy atom. The number of nitrogens with one attached hydrogen (secondary N) is 2. The zero-order chi connectivity index (χ0) is 25.6. The van der Waals surface area contributed by atoms with E-state index in [9.17, 15) is 18.0 Å². The van der Waals surface area contributed by atoms with Crippen LogP contribution < -0.4 is 10.0 Å². The van der Waals surface area contributed by atoms with Gasteiger partial charge in [-0.1, -0.05) is 23.7 Å². The van der Waals surface area contributed by atoms with E-state index in [2.05, 4.69) is 14.9 Å². The highest BCUT2D eigenvalue weighted by Crippen LogP contribution is 2.23. The summed E-state index contributed by atoms with van der Waals surface area (Å²) in [6, 6.07) is 9.06. The smallest absolute Gasteiger partial charge is 0.241 e. The second kappa shape index (κ2) is 12.1. The van der Waals surface area contributed by atoms with Gasteiger partial charge in [-0.05, 0) is 62.0 Å². The number of likely N-dealkylation sites (N-methyl/N-ethyl adjacent to an activating group) is 3. The first-order chi connectivity index (χ1) is 16.6. The van der Waals surface area contributed by atoms with E-state index in [1.807, 2.05) is 14.1 Å². The number of nitrogens with zero attached hydrogens (tertiary/aromatic N) is 3. The summed E-state index contributed by atoms with van der Waals surface area (Å²) in [5.74, 6) is -0.544. The van der Waals surface area contributed by atoms with Gasteiger partial charge in [-0.15, -0.1) is 0 Å². The van der Waals surface area contributed by atoms with Crippen LogP contribution in [-0.2, 0) is 19.6 Å². The third-order valence-electron chi connectivity index (χ3n) is 6.22. The Bertz CT molecular complexity index is 1160. The lowest BCUT2D eigenvalue weighted by molar-refractivity contribution is -0.142. The van der Waals surface area contributed by atoms with Crippen LogP contribution in [0.5, 0.6) is 0 Å². The van der Waals surface area contributed by atoms with E-state index >= 15 is 0 Å². The second-order valence-corrected chi connectivity index (χ2v) is 11.1. The number of halogens is 1.